The number of fused-ring (bicyclic) bond motifs is 2. The first-order chi connectivity index (χ1) is 15.3. The summed E-state index contributed by atoms with van der Waals surface area (Å²) in [5.74, 6) is -0.631. The van der Waals surface area contributed by atoms with Crippen LogP contribution in [0.1, 0.15) is 33.2 Å². The number of benzene rings is 2. The minimum Gasteiger partial charge on any atom is -0.365 e. The van der Waals surface area contributed by atoms with Crippen molar-refractivity contribution in [2.24, 2.45) is 11.5 Å². The Morgan fingerprint density at radius 1 is 1.16 bits per heavy atom. The highest BCUT2D eigenvalue weighted by molar-refractivity contribution is 7.16. The van der Waals surface area contributed by atoms with Gasteiger partial charge >= 0.3 is 6.03 Å². The molecule has 0 saturated carbocycles. The minimum atomic E-state index is -0.631. The monoisotopic (exact) mass is 466 g/mol. The molecular formula is C22H19ClN6O2S. The number of urea groups is 1. The summed E-state index contributed by atoms with van der Waals surface area (Å²) in [4.78, 5) is 30.9. The highest BCUT2D eigenvalue weighted by atomic mass is 35.5. The standard InChI is InChI=1S/C22H19ClN6O2S/c1-11-2-3-12(8-14(11)23)18-17(21(24)30)20-19(28(22(25)31)6-7-29(20)27-18)13-4-5-15-16(9-13)32-10-26-15/h2-5,8-10,19H,6-7H2,1H3,(H2,24,30)(H2,25,31). The Balaban J connectivity index is 1.76. The highest BCUT2D eigenvalue weighted by Gasteiger charge is 2.38. The quantitative estimate of drug-likeness (QED) is 0.478. The number of carbonyl (C=O) groups is 2. The molecule has 10 heteroatoms. The Kier molecular flexibility index (Phi) is 4.87. The zero-order valence-electron chi connectivity index (χ0n) is 17.1. The van der Waals surface area contributed by atoms with E-state index >= 15 is 0 Å². The molecule has 0 bridgehead atoms. The van der Waals surface area contributed by atoms with Crippen molar-refractivity contribution < 1.29 is 9.59 Å². The molecule has 1 unspecified atom stereocenters. The first-order valence-corrected chi connectivity index (χ1v) is 11.2. The minimum absolute atomic E-state index is 0.255. The summed E-state index contributed by atoms with van der Waals surface area (Å²) in [7, 11) is 0. The number of carbonyl (C=O) groups excluding carboxylic acids is 2. The molecule has 2 aromatic heterocycles. The fourth-order valence-corrected chi connectivity index (χ4v) is 5.11. The van der Waals surface area contributed by atoms with Gasteiger partial charge in [0, 0.05) is 17.1 Å². The average molecular weight is 467 g/mol. The van der Waals surface area contributed by atoms with Crippen molar-refractivity contribution >= 4 is 45.1 Å². The number of amides is 3. The number of hydrogen-bond donors (Lipinski definition) is 2. The molecule has 1 aliphatic heterocycles. The topological polar surface area (TPSA) is 120 Å². The van der Waals surface area contributed by atoms with E-state index in [2.05, 4.69) is 4.98 Å². The predicted molar refractivity (Wildman–Crippen MR) is 124 cm³/mol. The van der Waals surface area contributed by atoms with E-state index in [1.807, 2.05) is 37.3 Å². The van der Waals surface area contributed by atoms with E-state index < -0.39 is 18.0 Å². The van der Waals surface area contributed by atoms with Crippen molar-refractivity contribution in [2.45, 2.75) is 19.5 Å². The fourth-order valence-electron chi connectivity index (χ4n) is 4.20. The SMILES string of the molecule is Cc1ccc(-c2nn3c(c2C(N)=O)C(c2ccc4ncsc4c2)N(C(N)=O)CC3)cc1Cl. The third kappa shape index (κ3) is 3.21. The van der Waals surface area contributed by atoms with Crippen LogP contribution in [0.2, 0.25) is 5.02 Å². The first-order valence-electron chi connectivity index (χ1n) is 9.91. The molecule has 1 aliphatic rings. The molecule has 3 heterocycles. The van der Waals surface area contributed by atoms with E-state index in [1.165, 1.54) is 16.2 Å². The predicted octanol–water partition coefficient (Wildman–Crippen LogP) is 3.70. The number of hydrogen-bond acceptors (Lipinski definition) is 5. The maximum absolute atomic E-state index is 12.7. The summed E-state index contributed by atoms with van der Waals surface area (Å²) in [5, 5.41) is 5.27. The summed E-state index contributed by atoms with van der Waals surface area (Å²) in [6, 6.07) is 10.0. The Morgan fingerprint density at radius 2 is 1.97 bits per heavy atom. The lowest BCUT2D eigenvalue weighted by atomic mass is 9.94. The number of aryl methyl sites for hydroxylation is 1. The van der Waals surface area contributed by atoms with Gasteiger partial charge < -0.3 is 16.4 Å². The number of halogens is 1. The van der Waals surface area contributed by atoms with Crippen LogP contribution in [0.25, 0.3) is 21.5 Å². The van der Waals surface area contributed by atoms with Crippen molar-refractivity contribution in [3.05, 3.63) is 69.3 Å². The molecular weight excluding hydrogens is 448 g/mol. The summed E-state index contributed by atoms with van der Waals surface area (Å²) >= 11 is 7.83. The molecule has 0 spiro atoms. The van der Waals surface area contributed by atoms with Crippen LogP contribution < -0.4 is 11.5 Å². The van der Waals surface area contributed by atoms with Crippen LogP contribution in [0.15, 0.2) is 41.9 Å². The number of aromatic nitrogens is 3. The van der Waals surface area contributed by atoms with Crippen LogP contribution in [0.3, 0.4) is 0 Å². The second-order valence-corrected chi connectivity index (χ2v) is 8.97. The van der Waals surface area contributed by atoms with E-state index in [4.69, 9.17) is 28.2 Å². The van der Waals surface area contributed by atoms with Gasteiger partial charge in [-0.05, 0) is 36.2 Å². The molecule has 1 atom stereocenters. The van der Waals surface area contributed by atoms with Crippen LogP contribution in [0.4, 0.5) is 4.79 Å². The molecule has 0 fully saturated rings. The smallest absolute Gasteiger partial charge is 0.315 e. The maximum Gasteiger partial charge on any atom is 0.315 e. The molecule has 2 aromatic carbocycles. The highest BCUT2D eigenvalue weighted by Crippen LogP contribution is 2.39. The maximum atomic E-state index is 12.7. The van der Waals surface area contributed by atoms with E-state index in [0.29, 0.717) is 35.1 Å². The zero-order chi connectivity index (χ0) is 22.6. The van der Waals surface area contributed by atoms with Gasteiger partial charge in [0.25, 0.3) is 5.91 Å². The molecule has 32 heavy (non-hydrogen) atoms. The molecule has 4 aromatic rings. The van der Waals surface area contributed by atoms with Crippen LogP contribution in [0, 0.1) is 6.92 Å². The van der Waals surface area contributed by atoms with Gasteiger partial charge in [-0.15, -0.1) is 11.3 Å². The van der Waals surface area contributed by atoms with Crippen molar-refractivity contribution in [3.63, 3.8) is 0 Å². The van der Waals surface area contributed by atoms with Gasteiger partial charge in [-0.3, -0.25) is 9.48 Å². The van der Waals surface area contributed by atoms with E-state index in [9.17, 15) is 9.59 Å². The lowest BCUT2D eigenvalue weighted by Gasteiger charge is -2.35. The second kappa shape index (κ2) is 7.61. The van der Waals surface area contributed by atoms with Crippen molar-refractivity contribution in [1.29, 1.82) is 0 Å². The van der Waals surface area contributed by atoms with E-state index in [-0.39, 0.29) is 5.56 Å². The number of nitrogens with zero attached hydrogens (tertiary/aromatic N) is 4. The van der Waals surface area contributed by atoms with Gasteiger partial charge in [0.1, 0.15) is 11.7 Å². The summed E-state index contributed by atoms with van der Waals surface area (Å²) in [6.07, 6.45) is 0. The van der Waals surface area contributed by atoms with Gasteiger partial charge in [-0.2, -0.15) is 5.10 Å². The molecule has 0 saturated heterocycles. The Hall–Kier alpha value is -3.43. The number of rotatable bonds is 3. The third-order valence-electron chi connectivity index (χ3n) is 5.76. The second-order valence-electron chi connectivity index (χ2n) is 7.67. The van der Waals surface area contributed by atoms with Gasteiger partial charge in [0.05, 0.1) is 33.5 Å². The van der Waals surface area contributed by atoms with Crippen molar-refractivity contribution in [3.8, 4) is 11.3 Å². The number of nitrogens with two attached hydrogens (primary N) is 2. The van der Waals surface area contributed by atoms with Crippen LogP contribution in [0.5, 0.6) is 0 Å². The van der Waals surface area contributed by atoms with Crippen LogP contribution >= 0.6 is 22.9 Å². The lowest BCUT2D eigenvalue weighted by Crippen LogP contribution is -2.46. The Labute approximate surface area is 192 Å². The molecule has 3 amide bonds. The van der Waals surface area contributed by atoms with Crippen molar-refractivity contribution in [2.75, 3.05) is 6.54 Å². The Morgan fingerprint density at radius 3 is 2.69 bits per heavy atom. The first kappa shape index (κ1) is 20.5. The lowest BCUT2D eigenvalue weighted by molar-refractivity contribution is 0.0995. The van der Waals surface area contributed by atoms with Crippen molar-refractivity contribution in [1.82, 2.24) is 19.7 Å². The summed E-state index contributed by atoms with van der Waals surface area (Å²) in [6.45, 7) is 2.63. The number of primary amides is 2. The van der Waals surface area contributed by atoms with E-state index in [1.54, 1.807) is 16.3 Å². The molecule has 0 aliphatic carbocycles. The van der Waals surface area contributed by atoms with Crippen LogP contribution in [-0.4, -0.2) is 38.1 Å². The number of thiazole rings is 1. The molecule has 8 nitrogen and oxygen atoms in total. The summed E-state index contributed by atoms with van der Waals surface area (Å²) in [5.41, 5.74) is 17.8. The Bertz CT molecular complexity index is 1390. The molecule has 5 rings (SSSR count). The van der Waals surface area contributed by atoms with Crippen LogP contribution in [-0.2, 0) is 6.54 Å². The average Bonchev–Trinajstić information content (AvgIpc) is 3.38. The summed E-state index contributed by atoms with van der Waals surface area (Å²) < 4.78 is 2.71. The zero-order valence-corrected chi connectivity index (χ0v) is 18.7. The largest absolute Gasteiger partial charge is 0.365 e. The normalized spacial score (nSPS) is 15.7. The molecule has 0 radical (unpaired) electrons. The fraction of sp³-hybridized carbons (Fsp3) is 0.182. The van der Waals surface area contributed by atoms with Gasteiger partial charge in [-0.25, -0.2) is 9.78 Å². The third-order valence-corrected chi connectivity index (χ3v) is 6.96. The van der Waals surface area contributed by atoms with E-state index in [0.717, 1.165) is 21.3 Å². The van der Waals surface area contributed by atoms with Gasteiger partial charge in [0.15, 0.2) is 0 Å². The van der Waals surface area contributed by atoms with Gasteiger partial charge in [-0.1, -0.05) is 29.8 Å². The molecule has 4 N–H and O–H groups in total. The van der Waals surface area contributed by atoms with Gasteiger partial charge in [0.2, 0.25) is 0 Å². The molecule has 162 valence electrons.